The number of carbonyl (C=O) groups excluding carboxylic acids is 2. The second-order valence-corrected chi connectivity index (χ2v) is 8.17. The summed E-state index contributed by atoms with van der Waals surface area (Å²) in [5, 5.41) is 15.1. The minimum absolute atomic E-state index is 0.0191. The molecular formula is C26H28N6O2. The number of nitrogens with zero attached hydrogens (tertiary/aromatic N) is 3. The molecule has 1 aliphatic rings. The number of para-hydroxylation sites is 1. The standard InChI is InChI=1S/C26H28N6O2/c1-28-25(34)21-17-29-22-12-11-18(16-20(22)24(21)31-19-8-4-2-5-9-19)26(13-15-30-32-26)23(33)10-6-3-7-14-27/h2,4-5,8-9,11-13,15-17H,3,6-7,10,14,27H2,1H3,(H,28,34)(H,29,31). The Balaban J connectivity index is 1.80. The lowest BCUT2D eigenvalue weighted by Crippen LogP contribution is -2.30. The average Bonchev–Trinajstić information content (AvgIpc) is 3.38. The molecule has 34 heavy (non-hydrogen) atoms. The van der Waals surface area contributed by atoms with Crippen LogP contribution in [0.15, 0.2) is 77.2 Å². The summed E-state index contributed by atoms with van der Waals surface area (Å²) in [5.41, 5.74) is 7.63. The van der Waals surface area contributed by atoms with Crippen molar-refractivity contribution in [1.29, 1.82) is 0 Å². The smallest absolute Gasteiger partial charge is 0.254 e. The van der Waals surface area contributed by atoms with E-state index in [-0.39, 0.29) is 11.7 Å². The Labute approximate surface area is 198 Å². The molecule has 2 heterocycles. The molecule has 1 amide bonds. The zero-order valence-corrected chi connectivity index (χ0v) is 19.1. The molecule has 174 valence electrons. The Morgan fingerprint density at radius 1 is 1.06 bits per heavy atom. The van der Waals surface area contributed by atoms with Gasteiger partial charge in [-0.05, 0) is 55.3 Å². The number of pyridine rings is 1. The molecule has 1 unspecified atom stereocenters. The lowest BCUT2D eigenvalue weighted by atomic mass is 9.83. The minimum atomic E-state index is -1.18. The fraction of sp³-hybridized carbons (Fsp3) is 0.269. The van der Waals surface area contributed by atoms with Crippen molar-refractivity contribution in [3.63, 3.8) is 0 Å². The van der Waals surface area contributed by atoms with Crippen LogP contribution in [0.3, 0.4) is 0 Å². The van der Waals surface area contributed by atoms with Crippen LogP contribution in [0.4, 0.5) is 11.4 Å². The van der Waals surface area contributed by atoms with Crippen LogP contribution >= 0.6 is 0 Å². The number of carbonyl (C=O) groups is 2. The number of anilines is 2. The van der Waals surface area contributed by atoms with E-state index in [0.717, 1.165) is 24.9 Å². The Morgan fingerprint density at radius 3 is 2.59 bits per heavy atom. The van der Waals surface area contributed by atoms with Crippen molar-refractivity contribution >= 4 is 34.0 Å². The van der Waals surface area contributed by atoms with E-state index in [1.54, 1.807) is 25.5 Å². The molecule has 4 N–H and O–H groups in total. The molecular weight excluding hydrogens is 428 g/mol. The van der Waals surface area contributed by atoms with Gasteiger partial charge in [0.05, 0.1) is 16.8 Å². The molecule has 0 saturated heterocycles. The van der Waals surface area contributed by atoms with Crippen LogP contribution in [0, 0.1) is 0 Å². The number of nitrogens with one attached hydrogen (secondary N) is 2. The zero-order chi connectivity index (χ0) is 24.0. The normalized spacial score (nSPS) is 16.6. The van der Waals surface area contributed by atoms with E-state index in [0.29, 0.717) is 40.7 Å². The number of hydrogen-bond donors (Lipinski definition) is 3. The maximum Gasteiger partial charge on any atom is 0.254 e. The van der Waals surface area contributed by atoms with Gasteiger partial charge in [0.2, 0.25) is 0 Å². The molecule has 8 heteroatoms. The highest BCUT2D eigenvalue weighted by molar-refractivity contribution is 6.08. The lowest BCUT2D eigenvalue weighted by Gasteiger charge is -2.23. The van der Waals surface area contributed by atoms with Gasteiger partial charge in [-0.2, -0.15) is 10.2 Å². The van der Waals surface area contributed by atoms with E-state index in [1.807, 2.05) is 48.5 Å². The summed E-state index contributed by atoms with van der Waals surface area (Å²) in [5.74, 6) is -0.279. The number of benzene rings is 2. The van der Waals surface area contributed by atoms with Crippen molar-refractivity contribution in [1.82, 2.24) is 10.3 Å². The van der Waals surface area contributed by atoms with Crippen LogP contribution in [0.25, 0.3) is 10.9 Å². The van der Waals surface area contributed by atoms with Crippen molar-refractivity contribution in [3.05, 3.63) is 78.1 Å². The average molecular weight is 457 g/mol. The van der Waals surface area contributed by atoms with E-state index in [4.69, 9.17) is 5.73 Å². The SMILES string of the molecule is CNC(=O)c1cnc2ccc(C3(C(=O)CCCCCN)C=CN=N3)cc2c1Nc1ccccc1. The summed E-state index contributed by atoms with van der Waals surface area (Å²) in [6.45, 7) is 0.613. The van der Waals surface area contributed by atoms with Crippen molar-refractivity contribution in [3.8, 4) is 0 Å². The molecule has 0 aliphatic carbocycles. The molecule has 0 spiro atoms. The topological polar surface area (TPSA) is 122 Å². The first-order chi connectivity index (χ1) is 16.6. The first kappa shape index (κ1) is 23.3. The predicted molar refractivity (Wildman–Crippen MR) is 133 cm³/mol. The lowest BCUT2D eigenvalue weighted by molar-refractivity contribution is -0.123. The minimum Gasteiger partial charge on any atom is -0.355 e. The summed E-state index contributed by atoms with van der Waals surface area (Å²) < 4.78 is 0. The summed E-state index contributed by atoms with van der Waals surface area (Å²) in [6.07, 6.45) is 7.76. The highest BCUT2D eigenvalue weighted by Gasteiger charge is 2.39. The van der Waals surface area contributed by atoms with Crippen molar-refractivity contribution in [2.24, 2.45) is 16.0 Å². The van der Waals surface area contributed by atoms with Crippen LogP contribution in [-0.4, -0.2) is 30.3 Å². The molecule has 1 atom stereocenters. The van der Waals surface area contributed by atoms with Gasteiger partial charge in [0, 0.05) is 36.9 Å². The van der Waals surface area contributed by atoms with Gasteiger partial charge in [-0.15, -0.1) is 0 Å². The molecule has 8 nitrogen and oxygen atoms in total. The second kappa shape index (κ2) is 10.4. The van der Waals surface area contributed by atoms with Crippen LogP contribution in [0.1, 0.15) is 41.6 Å². The Bertz CT molecular complexity index is 1240. The summed E-state index contributed by atoms with van der Waals surface area (Å²) in [6, 6.07) is 15.2. The van der Waals surface area contributed by atoms with Crippen LogP contribution in [0.5, 0.6) is 0 Å². The first-order valence-electron chi connectivity index (χ1n) is 11.4. The molecule has 3 aromatic rings. The fourth-order valence-corrected chi connectivity index (χ4v) is 4.10. The number of hydrogen-bond acceptors (Lipinski definition) is 7. The third-order valence-electron chi connectivity index (χ3n) is 5.95. The number of fused-ring (bicyclic) bond motifs is 1. The van der Waals surface area contributed by atoms with Gasteiger partial charge in [-0.25, -0.2) is 0 Å². The molecule has 4 rings (SSSR count). The number of Topliss-reactive ketones (excluding diaryl/α,β-unsaturated/α-hetero) is 1. The molecule has 2 aromatic carbocycles. The maximum atomic E-state index is 13.3. The largest absolute Gasteiger partial charge is 0.355 e. The monoisotopic (exact) mass is 456 g/mol. The third-order valence-corrected chi connectivity index (χ3v) is 5.95. The number of azo groups is 1. The van der Waals surface area contributed by atoms with E-state index >= 15 is 0 Å². The zero-order valence-electron chi connectivity index (χ0n) is 19.1. The molecule has 0 bridgehead atoms. The van der Waals surface area contributed by atoms with E-state index in [1.165, 1.54) is 0 Å². The number of amides is 1. The Kier molecular flexibility index (Phi) is 7.08. The van der Waals surface area contributed by atoms with Gasteiger partial charge >= 0.3 is 0 Å². The number of aromatic nitrogens is 1. The molecule has 0 saturated carbocycles. The summed E-state index contributed by atoms with van der Waals surface area (Å²) in [4.78, 5) is 30.5. The molecule has 1 aromatic heterocycles. The van der Waals surface area contributed by atoms with Crippen LogP contribution in [0.2, 0.25) is 0 Å². The second-order valence-electron chi connectivity index (χ2n) is 8.17. The fourth-order valence-electron chi connectivity index (χ4n) is 4.10. The quantitative estimate of drug-likeness (QED) is 0.385. The van der Waals surface area contributed by atoms with Gasteiger partial charge in [0.15, 0.2) is 11.3 Å². The van der Waals surface area contributed by atoms with E-state index in [9.17, 15) is 9.59 Å². The number of nitrogens with two attached hydrogens (primary N) is 1. The van der Waals surface area contributed by atoms with Gasteiger partial charge in [0.1, 0.15) is 0 Å². The highest BCUT2D eigenvalue weighted by Crippen LogP contribution is 2.38. The van der Waals surface area contributed by atoms with Crippen molar-refractivity contribution < 1.29 is 9.59 Å². The number of rotatable bonds is 10. The van der Waals surface area contributed by atoms with Crippen molar-refractivity contribution in [2.75, 3.05) is 18.9 Å². The number of ketones is 1. The van der Waals surface area contributed by atoms with Crippen LogP contribution < -0.4 is 16.4 Å². The summed E-state index contributed by atoms with van der Waals surface area (Å²) in [7, 11) is 1.58. The van der Waals surface area contributed by atoms with Gasteiger partial charge in [-0.3, -0.25) is 14.6 Å². The predicted octanol–water partition coefficient (Wildman–Crippen LogP) is 4.60. The number of unbranched alkanes of at least 4 members (excludes halogenated alkanes) is 2. The molecule has 1 aliphatic heterocycles. The van der Waals surface area contributed by atoms with Gasteiger partial charge < -0.3 is 16.4 Å². The maximum absolute atomic E-state index is 13.3. The third kappa shape index (κ3) is 4.58. The van der Waals surface area contributed by atoms with Gasteiger partial charge in [-0.1, -0.05) is 30.7 Å². The Morgan fingerprint density at radius 2 is 1.88 bits per heavy atom. The molecule has 0 radical (unpaired) electrons. The van der Waals surface area contributed by atoms with E-state index in [2.05, 4.69) is 25.8 Å². The summed E-state index contributed by atoms with van der Waals surface area (Å²) >= 11 is 0. The van der Waals surface area contributed by atoms with Crippen LogP contribution in [-0.2, 0) is 10.3 Å². The Hall–Kier alpha value is -3.91. The highest BCUT2D eigenvalue weighted by atomic mass is 16.1. The van der Waals surface area contributed by atoms with E-state index < -0.39 is 5.54 Å². The first-order valence-corrected chi connectivity index (χ1v) is 11.4. The molecule has 0 fully saturated rings. The van der Waals surface area contributed by atoms with Crippen molar-refractivity contribution in [2.45, 2.75) is 31.2 Å². The van der Waals surface area contributed by atoms with Gasteiger partial charge in [0.25, 0.3) is 5.91 Å².